The zero-order chi connectivity index (χ0) is 17.7. The molecule has 0 fully saturated rings. The monoisotopic (exact) mass is 358 g/mol. The van der Waals surface area contributed by atoms with Crippen LogP contribution in [0.4, 0.5) is 13.2 Å². The Hall–Kier alpha value is -2.28. The summed E-state index contributed by atoms with van der Waals surface area (Å²) in [5.74, 6) is 0.130. The summed E-state index contributed by atoms with van der Waals surface area (Å²) in [5, 5.41) is 0.535. The number of nitrogens with zero attached hydrogens (tertiary/aromatic N) is 2. The number of aromatic nitrogens is 1. The third kappa shape index (κ3) is 4.86. The number of hydrogen-bond donors (Lipinski definition) is 0. The van der Waals surface area contributed by atoms with Crippen molar-refractivity contribution < 1.29 is 22.7 Å². The molecule has 0 spiro atoms. The number of hydrogen-bond acceptors (Lipinski definition) is 3. The molecule has 0 radical (unpaired) electrons. The molecule has 128 valence electrons. The largest absolute Gasteiger partial charge is 0.492 e. The third-order valence-corrected chi connectivity index (χ3v) is 3.37. The molecule has 0 unspecified atom stereocenters. The number of rotatable bonds is 5. The fourth-order valence-electron chi connectivity index (χ4n) is 1.87. The summed E-state index contributed by atoms with van der Waals surface area (Å²) in [4.78, 5) is 16.7. The van der Waals surface area contributed by atoms with Gasteiger partial charge >= 0.3 is 6.18 Å². The van der Waals surface area contributed by atoms with E-state index in [4.69, 9.17) is 16.3 Å². The molecular formula is C16H14ClF3N2O2. The van der Waals surface area contributed by atoms with Crippen molar-refractivity contribution in [2.24, 2.45) is 0 Å². The van der Waals surface area contributed by atoms with Gasteiger partial charge < -0.3 is 9.64 Å². The first-order valence-corrected chi connectivity index (χ1v) is 7.32. The molecule has 0 bridgehead atoms. The number of likely N-dealkylation sites (N-methyl/N-ethyl adjacent to an activating group) is 1. The summed E-state index contributed by atoms with van der Waals surface area (Å²) in [6.07, 6.45) is -3.61. The Morgan fingerprint density at radius 1 is 1.29 bits per heavy atom. The van der Waals surface area contributed by atoms with Gasteiger partial charge in [0.05, 0.1) is 12.1 Å². The standard InChI is InChI=1S/C16H14ClF3N2O2/c1-22(7-8-24-13-4-2-3-12(17)9-13)15(23)11-5-6-14(21-10-11)16(18,19)20/h2-6,9-10H,7-8H2,1H3. The molecule has 2 rings (SSSR count). The lowest BCUT2D eigenvalue weighted by Gasteiger charge is -2.17. The minimum absolute atomic E-state index is 0.0771. The molecule has 8 heteroatoms. The fourth-order valence-corrected chi connectivity index (χ4v) is 2.05. The van der Waals surface area contributed by atoms with Crippen LogP contribution in [0.5, 0.6) is 5.75 Å². The molecule has 2 aromatic rings. The Bertz CT molecular complexity index is 705. The molecule has 0 aliphatic heterocycles. The molecule has 0 aliphatic rings. The number of alkyl halides is 3. The predicted molar refractivity (Wildman–Crippen MR) is 83.1 cm³/mol. The molecule has 0 saturated heterocycles. The maximum absolute atomic E-state index is 12.5. The highest BCUT2D eigenvalue weighted by atomic mass is 35.5. The smallest absolute Gasteiger partial charge is 0.433 e. The first-order valence-electron chi connectivity index (χ1n) is 6.94. The van der Waals surface area contributed by atoms with Crippen LogP contribution in [0, 0.1) is 0 Å². The Balaban J connectivity index is 1.90. The summed E-state index contributed by atoms with van der Waals surface area (Å²) in [6, 6.07) is 8.70. The number of carbonyl (C=O) groups is 1. The number of benzene rings is 1. The average Bonchev–Trinajstić information content (AvgIpc) is 2.53. The molecule has 4 nitrogen and oxygen atoms in total. The van der Waals surface area contributed by atoms with Crippen molar-refractivity contribution in [1.82, 2.24) is 9.88 Å². The Morgan fingerprint density at radius 3 is 2.62 bits per heavy atom. The summed E-state index contributed by atoms with van der Waals surface area (Å²) >= 11 is 5.83. The van der Waals surface area contributed by atoms with Gasteiger partial charge in [-0.3, -0.25) is 9.78 Å². The van der Waals surface area contributed by atoms with Crippen molar-refractivity contribution in [3.05, 3.63) is 58.9 Å². The first kappa shape index (κ1) is 18.1. The Kier molecular flexibility index (Phi) is 5.66. The van der Waals surface area contributed by atoms with E-state index in [0.717, 1.165) is 18.3 Å². The lowest BCUT2D eigenvalue weighted by atomic mass is 10.2. The molecule has 0 saturated carbocycles. The normalized spacial score (nSPS) is 11.2. The van der Waals surface area contributed by atoms with Gasteiger partial charge in [-0.15, -0.1) is 0 Å². The average molecular weight is 359 g/mol. The van der Waals surface area contributed by atoms with Crippen molar-refractivity contribution in [1.29, 1.82) is 0 Å². The first-order chi connectivity index (χ1) is 11.3. The van der Waals surface area contributed by atoms with E-state index in [9.17, 15) is 18.0 Å². The molecule has 0 N–H and O–H groups in total. The number of carbonyl (C=O) groups excluding carboxylic acids is 1. The zero-order valence-corrected chi connectivity index (χ0v) is 13.4. The van der Waals surface area contributed by atoms with Crippen molar-refractivity contribution in [3.8, 4) is 5.75 Å². The maximum Gasteiger partial charge on any atom is 0.433 e. The van der Waals surface area contributed by atoms with Crippen LogP contribution in [0.2, 0.25) is 5.02 Å². The van der Waals surface area contributed by atoms with Gasteiger partial charge in [0.25, 0.3) is 5.91 Å². The van der Waals surface area contributed by atoms with E-state index in [0.29, 0.717) is 10.8 Å². The Labute approximate surface area is 141 Å². The van der Waals surface area contributed by atoms with Crippen LogP contribution in [0.15, 0.2) is 42.6 Å². The lowest BCUT2D eigenvalue weighted by molar-refractivity contribution is -0.141. The van der Waals surface area contributed by atoms with Crippen molar-refractivity contribution in [3.63, 3.8) is 0 Å². The number of pyridine rings is 1. The number of halogens is 4. The molecule has 0 aliphatic carbocycles. The van der Waals surface area contributed by atoms with E-state index in [-0.39, 0.29) is 18.7 Å². The van der Waals surface area contributed by atoms with Crippen LogP contribution < -0.4 is 4.74 Å². The van der Waals surface area contributed by atoms with Gasteiger partial charge in [0.15, 0.2) is 0 Å². The number of ether oxygens (including phenoxy) is 1. The van der Waals surface area contributed by atoms with Crippen molar-refractivity contribution in [2.75, 3.05) is 20.2 Å². The molecule has 1 amide bonds. The van der Waals surface area contributed by atoms with Crippen LogP contribution in [0.25, 0.3) is 0 Å². The molecular weight excluding hydrogens is 345 g/mol. The summed E-state index contributed by atoms with van der Waals surface area (Å²) in [6.45, 7) is 0.475. The van der Waals surface area contributed by atoms with Gasteiger partial charge in [0.2, 0.25) is 0 Å². The second kappa shape index (κ2) is 7.53. The second-order valence-corrected chi connectivity index (χ2v) is 5.40. The van der Waals surface area contributed by atoms with Gasteiger partial charge in [-0.05, 0) is 30.3 Å². The zero-order valence-electron chi connectivity index (χ0n) is 12.7. The van der Waals surface area contributed by atoms with Crippen LogP contribution in [0.3, 0.4) is 0 Å². The van der Waals surface area contributed by atoms with Gasteiger partial charge in [0.1, 0.15) is 18.1 Å². The van der Waals surface area contributed by atoms with Gasteiger partial charge in [-0.25, -0.2) is 0 Å². The van der Waals surface area contributed by atoms with Crippen molar-refractivity contribution >= 4 is 17.5 Å². The van der Waals surface area contributed by atoms with Crippen LogP contribution in [0.1, 0.15) is 16.1 Å². The van der Waals surface area contributed by atoms with E-state index >= 15 is 0 Å². The molecule has 1 aromatic heterocycles. The highest BCUT2D eigenvalue weighted by Gasteiger charge is 2.32. The van der Waals surface area contributed by atoms with Crippen LogP contribution in [-0.4, -0.2) is 36.0 Å². The van der Waals surface area contributed by atoms with E-state index in [1.54, 1.807) is 24.3 Å². The number of amides is 1. The predicted octanol–water partition coefficient (Wildman–Crippen LogP) is 3.90. The lowest BCUT2D eigenvalue weighted by Crippen LogP contribution is -2.31. The van der Waals surface area contributed by atoms with Crippen molar-refractivity contribution in [2.45, 2.75) is 6.18 Å². The SMILES string of the molecule is CN(CCOc1cccc(Cl)c1)C(=O)c1ccc(C(F)(F)F)nc1. The highest BCUT2D eigenvalue weighted by Crippen LogP contribution is 2.27. The quantitative estimate of drug-likeness (QED) is 0.814. The minimum Gasteiger partial charge on any atom is -0.492 e. The highest BCUT2D eigenvalue weighted by molar-refractivity contribution is 6.30. The summed E-state index contributed by atoms with van der Waals surface area (Å²) in [7, 11) is 1.53. The third-order valence-electron chi connectivity index (χ3n) is 3.14. The fraction of sp³-hybridized carbons (Fsp3) is 0.250. The summed E-state index contributed by atoms with van der Waals surface area (Å²) < 4.78 is 42.8. The van der Waals surface area contributed by atoms with Gasteiger partial charge in [-0.1, -0.05) is 17.7 Å². The van der Waals surface area contributed by atoms with Crippen LogP contribution in [-0.2, 0) is 6.18 Å². The topological polar surface area (TPSA) is 42.4 Å². The van der Waals surface area contributed by atoms with E-state index in [1.807, 2.05) is 0 Å². The van der Waals surface area contributed by atoms with E-state index < -0.39 is 17.8 Å². The van der Waals surface area contributed by atoms with Crippen LogP contribution >= 0.6 is 11.6 Å². The molecule has 1 aromatic carbocycles. The molecule has 24 heavy (non-hydrogen) atoms. The Morgan fingerprint density at radius 2 is 2.04 bits per heavy atom. The van der Waals surface area contributed by atoms with E-state index in [2.05, 4.69) is 4.98 Å². The van der Waals surface area contributed by atoms with Gasteiger partial charge in [0, 0.05) is 18.3 Å². The van der Waals surface area contributed by atoms with Gasteiger partial charge in [-0.2, -0.15) is 13.2 Å². The van der Waals surface area contributed by atoms with E-state index in [1.165, 1.54) is 11.9 Å². The minimum atomic E-state index is -4.53. The second-order valence-electron chi connectivity index (χ2n) is 4.96. The molecule has 1 heterocycles. The molecule has 0 atom stereocenters. The summed E-state index contributed by atoms with van der Waals surface area (Å²) in [5.41, 5.74) is -0.959. The maximum atomic E-state index is 12.5.